The Labute approximate surface area is 118 Å². The highest BCUT2D eigenvalue weighted by Gasteiger charge is 2.27. The van der Waals surface area contributed by atoms with Crippen LogP contribution in [-0.2, 0) is 0 Å². The van der Waals surface area contributed by atoms with E-state index in [0.717, 1.165) is 26.1 Å². The van der Waals surface area contributed by atoms with Gasteiger partial charge >= 0.3 is 0 Å². The van der Waals surface area contributed by atoms with Crippen LogP contribution in [0.3, 0.4) is 0 Å². The molecule has 0 aromatic heterocycles. The summed E-state index contributed by atoms with van der Waals surface area (Å²) in [4.78, 5) is 14.4. The molecule has 1 atom stereocenters. The fraction of sp³-hybridized carbons (Fsp3) is 0.500. The standard InChI is InChI=1S/C14H19ClN2O2/c1-16-8-10-5-6-17(9-10)14(18)12-4-3-11(15)7-13(12)19-2/h3-4,7,10,16H,5-6,8-9H2,1-2H3. The van der Waals surface area contributed by atoms with Gasteiger partial charge < -0.3 is 15.0 Å². The third-order valence-electron chi connectivity index (χ3n) is 3.46. The summed E-state index contributed by atoms with van der Waals surface area (Å²) in [7, 11) is 3.49. The van der Waals surface area contributed by atoms with Crippen molar-refractivity contribution in [1.29, 1.82) is 0 Å². The van der Waals surface area contributed by atoms with Crippen molar-refractivity contribution in [3.63, 3.8) is 0 Å². The van der Waals surface area contributed by atoms with Crippen molar-refractivity contribution in [1.82, 2.24) is 10.2 Å². The van der Waals surface area contributed by atoms with Crippen LogP contribution in [0.5, 0.6) is 5.75 Å². The summed E-state index contributed by atoms with van der Waals surface area (Å²) in [5.41, 5.74) is 0.581. The van der Waals surface area contributed by atoms with Gasteiger partial charge in [0.1, 0.15) is 5.75 Å². The summed E-state index contributed by atoms with van der Waals surface area (Å²) in [6.07, 6.45) is 1.04. The Balaban J connectivity index is 2.12. The van der Waals surface area contributed by atoms with Crippen LogP contribution >= 0.6 is 11.6 Å². The first-order chi connectivity index (χ1) is 9.15. The van der Waals surface area contributed by atoms with Crippen molar-refractivity contribution in [2.75, 3.05) is 33.8 Å². The Morgan fingerprint density at radius 1 is 1.58 bits per heavy atom. The maximum atomic E-state index is 12.5. The predicted molar refractivity (Wildman–Crippen MR) is 75.9 cm³/mol. The molecule has 0 aliphatic carbocycles. The first-order valence-electron chi connectivity index (χ1n) is 6.43. The van der Waals surface area contributed by atoms with Crippen molar-refractivity contribution >= 4 is 17.5 Å². The predicted octanol–water partition coefficient (Wildman–Crippen LogP) is 2.03. The van der Waals surface area contributed by atoms with Crippen molar-refractivity contribution in [2.24, 2.45) is 5.92 Å². The summed E-state index contributed by atoms with van der Waals surface area (Å²) in [5, 5.41) is 3.73. The normalized spacial score (nSPS) is 18.7. The highest BCUT2D eigenvalue weighted by molar-refractivity contribution is 6.30. The lowest BCUT2D eigenvalue weighted by atomic mass is 10.1. The van der Waals surface area contributed by atoms with Crippen LogP contribution in [0.2, 0.25) is 5.02 Å². The molecule has 1 heterocycles. The second-order valence-corrected chi connectivity index (χ2v) is 5.24. The van der Waals surface area contributed by atoms with Crippen molar-refractivity contribution in [3.8, 4) is 5.75 Å². The minimum atomic E-state index is 0.0205. The number of halogens is 1. The van der Waals surface area contributed by atoms with E-state index in [0.29, 0.717) is 22.3 Å². The first-order valence-corrected chi connectivity index (χ1v) is 6.81. The van der Waals surface area contributed by atoms with Crippen LogP contribution < -0.4 is 10.1 Å². The molecule has 19 heavy (non-hydrogen) atoms. The molecule has 1 saturated heterocycles. The zero-order chi connectivity index (χ0) is 13.8. The molecule has 1 aromatic rings. The molecule has 0 bridgehead atoms. The molecule has 0 spiro atoms. The van der Waals surface area contributed by atoms with Gasteiger partial charge in [-0.05, 0) is 44.1 Å². The minimum Gasteiger partial charge on any atom is -0.496 e. The second kappa shape index (κ2) is 6.26. The molecule has 1 aliphatic heterocycles. The van der Waals surface area contributed by atoms with Crippen molar-refractivity contribution in [3.05, 3.63) is 28.8 Å². The monoisotopic (exact) mass is 282 g/mol. The summed E-state index contributed by atoms with van der Waals surface area (Å²) in [5.74, 6) is 1.09. The molecule has 0 saturated carbocycles. The molecule has 1 N–H and O–H groups in total. The van der Waals surface area contributed by atoms with Gasteiger partial charge in [0.05, 0.1) is 12.7 Å². The molecular formula is C14H19ClN2O2. The third-order valence-corrected chi connectivity index (χ3v) is 3.69. The van der Waals surface area contributed by atoms with Gasteiger partial charge in [-0.1, -0.05) is 11.6 Å². The molecule has 1 fully saturated rings. The van der Waals surface area contributed by atoms with Gasteiger partial charge in [-0.2, -0.15) is 0 Å². The quantitative estimate of drug-likeness (QED) is 0.919. The zero-order valence-electron chi connectivity index (χ0n) is 11.3. The number of nitrogens with zero attached hydrogens (tertiary/aromatic N) is 1. The molecule has 5 heteroatoms. The highest BCUT2D eigenvalue weighted by Crippen LogP contribution is 2.26. The second-order valence-electron chi connectivity index (χ2n) is 4.81. The zero-order valence-corrected chi connectivity index (χ0v) is 12.0. The molecule has 4 nitrogen and oxygen atoms in total. The Bertz CT molecular complexity index is 465. The van der Waals surface area contributed by atoms with Crippen LogP contribution in [0.1, 0.15) is 16.8 Å². The summed E-state index contributed by atoms with van der Waals surface area (Å²) >= 11 is 5.91. The topological polar surface area (TPSA) is 41.6 Å². The lowest BCUT2D eigenvalue weighted by molar-refractivity contribution is 0.0784. The van der Waals surface area contributed by atoms with Crippen molar-refractivity contribution < 1.29 is 9.53 Å². The van der Waals surface area contributed by atoms with E-state index >= 15 is 0 Å². The molecule has 1 unspecified atom stereocenters. The average Bonchev–Trinajstić information content (AvgIpc) is 2.87. The largest absolute Gasteiger partial charge is 0.496 e. The number of rotatable bonds is 4. The number of hydrogen-bond donors (Lipinski definition) is 1. The van der Waals surface area contributed by atoms with Crippen LogP contribution in [0.4, 0.5) is 0 Å². The molecule has 0 radical (unpaired) electrons. The number of amides is 1. The van der Waals surface area contributed by atoms with E-state index in [4.69, 9.17) is 16.3 Å². The van der Waals surface area contributed by atoms with Gasteiger partial charge in [0.2, 0.25) is 0 Å². The van der Waals surface area contributed by atoms with E-state index in [9.17, 15) is 4.79 Å². The van der Waals surface area contributed by atoms with Crippen LogP contribution in [0.15, 0.2) is 18.2 Å². The van der Waals surface area contributed by atoms with Crippen LogP contribution in [0.25, 0.3) is 0 Å². The number of methoxy groups -OCH3 is 1. The van der Waals surface area contributed by atoms with E-state index < -0.39 is 0 Å². The molecule has 1 aliphatic rings. The van der Waals surface area contributed by atoms with E-state index in [1.165, 1.54) is 0 Å². The SMILES string of the molecule is CNCC1CCN(C(=O)c2ccc(Cl)cc2OC)C1. The summed E-state index contributed by atoms with van der Waals surface area (Å²) < 4.78 is 5.24. The first kappa shape index (κ1) is 14.2. The Morgan fingerprint density at radius 2 is 2.37 bits per heavy atom. The number of carbonyl (C=O) groups is 1. The van der Waals surface area contributed by atoms with Crippen LogP contribution in [-0.4, -0.2) is 44.6 Å². The van der Waals surface area contributed by atoms with Gasteiger partial charge in [-0.15, -0.1) is 0 Å². The van der Waals surface area contributed by atoms with E-state index in [1.807, 2.05) is 11.9 Å². The number of benzene rings is 1. The van der Waals surface area contributed by atoms with Crippen molar-refractivity contribution in [2.45, 2.75) is 6.42 Å². The lowest BCUT2D eigenvalue weighted by Gasteiger charge is -2.18. The maximum Gasteiger partial charge on any atom is 0.257 e. The van der Waals surface area contributed by atoms with Gasteiger partial charge in [-0.3, -0.25) is 4.79 Å². The highest BCUT2D eigenvalue weighted by atomic mass is 35.5. The number of carbonyl (C=O) groups excluding carboxylic acids is 1. The Kier molecular flexibility index (Phi) is 4.66. The molecule has 1 amide bonds. The van der Waals surface area contributed by atoms with Gasteiger partial charge in [0, 0.05) is 18.1 Å². The number of likely N-dealkylation sites (tertiary alicyclic amines) is 1. The average molecular weight is 283 g/mol. The number of hydrogen-bond acceptors (Lipinski definition) is 3. The van der Waals surface area contributed by atoms with Gasteiger partial charge in [0.25, 0.3) is 5.91 Å². The fourth-order valence-corrected chi connectivity index (χ4v) is 2.65. The van der Waals surface area contributed by atoms with E-state index in [2.05, 4.69) is 5.32 Å². The number of ether oxygens (including phenoxy) is 1. The number of nitrogens with one attached hydrogen (secondary N) is 1. The fourth-order valence-electron chi connectivity index (χ4n) is 2.48. The van der Waals surface area contributed by atoms with E-state index in [1.54, 1.807) is 25.3 Å². The molecular weight excluding hydrogens is 264 g/mol. The smallest absolute Gasteiger partial charge is 0.257 e. The summed E-state index contributed by atoms with van der Waals surface area (Å²) in [6, 6.07) is 5.13. The molecule has 104 valence electrons. The van der Waals surface area contributed by atoms with Gasteiger partial charge in [-0.25, -0.2) is 0 Å². The Morgan fingerprint density at radius 3 is 3.05 bits per heavy atom. The molecule has 1 aromatic carbocycles. The molecule has 2 rings (SSSR count). The minimum absolute atomic E-state index is 0.0205. The maximum absolute atomic E-state index is 12.5. The lowest BCUT2D eigenvalue weighted by Crippen LogP contribution is -2.30. The third kappa shape index (κ3) is 3.19. The van der Waals surface area contributed by atoms with Crippen LogP contribution in [0, 0.1) is 5.92 Å². The Hall–Kier alpha value is -1.26. The summed E-state index contributed by atoms with van der Waals surface area (Å²) in [6.45, 7) is 2.55. The van der Waals surface area contributed by atoms with Gasteiger partial charge in [0.15, 0.2) is 0 Å². The van der Waals surface area contributed by atoms with E-state index in [-0.39, 0.29) is 5.91 Å².